The molecule has 1 aromatic rings. The first-order valence-electron chi connectivity index (χ1n) is 6.66. The Kier molecular flexibility index (Phi) is 4.04. The van der Waals surface area contributed by atoms with Crippen molar-refractivity contribution in [1.82, 2.24) is 5.06 Å². The summed E-state index contributed by atoms with van der Waals surface area (Å²) >= 11 is 23.8. The molecule has 1 fully saturated rings. The third-order valence-corrected chi connectivity index (χ3v) is 5.99. The van der Waals surface area contributed by atoms with Gasteiger partial charge in [0.1, 0.15) is 0 Å². The molecule has 0 radical (unpaired) electrons. The third-order valence-electron chi connectivity index (χ3n) is 4.19. The zero-order chi connectivity index (χ0) is 17.1. The molecule has 1 aromatic carbocycles. The van der Waals surface area contributed by atoms with Crippen molar-refractivity contribution in [2.75, 3.05) is 0 Å². The smallest absolute Gasteiger partial charge is 0.329 e. The number of rotatable bonds is 2. The van der Waals surface area contributed by atoms with Gasteiger partial charge in [-0.15, -0.1) is 0 Å². The second-order valence-corrected chi connectivity index (χ2v) is 7.22. The van der Waals surface area contributed by atoms with Gasteiger partial charge in [-0.2, -0.15) is 0 Å². The fourth-order valence-electron chi connectivity index (χ4n) is 2.52. The van der Waals surface area contributed by atoms with Crippen molar-refractivity contribution in [3.8, 4) is 0 Å². The van der Waals surface area contributed by atoms with Crippen molar-refractivity contribution >= 4 is 64.2 Å². The summed E-state index contributed by atoms with van der Waals surface area (Å²) in [4.78, 5) is 42.0. The molecule has 122 valence electrons. The standard InChI is InChI=1S/C14H9Cl4NO4/c1-14(3-2-4-14)13(22)23-19-11(20)5-6(12(19)21)8(16)10(18)9(17)7(5)15/h2-4H2,1H3. The van der Waals surface area contributed by atoms with Crippen LogP contribution in [-0.4, -0.2) is 22.8 Å². The summed E-state index contributed by atoms with van der Waals surface area (Å²) in [6.07, 6.45) is 2.15. The summed E-state index contributed by atoms with van der Waals surface area (Å²) in [5.74, 6) is -2.44. The average Bonchev–Trinajstić information content (AvgIpc) is 2.73. The summed E-state index contributed by atoms with van der Waals surface area (Å²) in [7, 11) is 0. The number of nitrogens with zero attached hydrogens (tertiary/aromatic N) is 1. The van der Waals surface area contributed by atoms with Gasteiger partial charge in [-0.05, 0) is 19.8 Å². The molecule has 0 spiro atoms. The lowest BCUT2D eigenvalue weighted by Crippen LogP contribution is -2.42. The van der Waals surface area contributed by atoms with Gasteiger partial charge in [0.15, 0.2) is 0 Å². The molecule has 23 heavy (non-hydrogen) atoms. The number of hydrogen-bond acceptors (Lipinski definition) is 4. The van der Waals surface area contributed by atoms with Gasteiger partial charge in [0.2, 0.25) is 0 Å². The molecule has 0 bridgehead atoms. The van der Waals surface area contributed by atoms with Crippen LogP contribution >= 0.6 is 46.4 Å². The number of hydroxylamine groups is 2. The van der Waals surface area contributed by atoms with Crippen LogP contribution in [-0.2, 0) is 9.63 Å². The number of amides is 2. The molecule has 0 saturated heterocycles. The van der Waals surface area contributed by atoms with E-state index in [4.69, 9.17) is 51.2 Å². The third kappa shape index (κ3) is 2.33. The topological polar surface area (TPSA) is 63.7 Å². The Balaban J connectivity index is 2.00. The van der Waals surface area contributed by atoms with Crippen LogP contribution in [0.5, 0.6) is 0 Å². The van der Waals surface area contributed by atoms with Gasteiger partial charge in [0, 0.05) is 0 Å². The number of fused-ring (bicyclic) bond motifs is 1. The van der Waals surface area contributed by atoms with E-state index >= 15 is 0 Å². The molecule has 1 saturated carbocycles. The van der Waals surface area contributed by atoms with Crippen molar-refractivity contribution in [2.24, 2.45) is 5.41 Å². The highest BCUT2D eigenvalue weighted by atomic mass is 35.5. The number of carbonyl (C=O) groups is 3. The van der Waals surface area contributed by atoms with Gasteiger partial charge in [-0.25, -0.2) is 4.79 Å². The van der Waals surface area contributed by atoms with Crippen LogP contribution in [0.2, 0.25) is 20.1 Å². The quantitative estimate of drug-likeness (QED) is 0.418. The molecule has 3 rings (SSSR count). The minimum atomic E-state index is -0.897. The summed E-state index contributed by atoms with van der Waals surface area (Å²) in [5.41, 5.74) is -1.14. The Hall–Kier alpha value is -1.01. The predicted octanol–water partition coefficient (Wildman–Crippen LogP) is 4.54. The summed E-state index contributed by atoms with van der Waals surface area (Å²) in [5, 5.41) is -0.332. The highest BCUT2D eigenvalue weighted by Gasteiger charge is 2.48. The molecule has 5 nitrogen and oxygen atoms in total. The molecular weight excluding hydrogens is 388 g/mol. The minimum Gasteiger partial charge on any atom is -0.329 e. The maximum Gasteiger partial charge on any atom is 0.339 e. The maximum atomic E-state index is 12.4. The largest absolute Gasteiger partial charge is 0.339 e. The van der Waals surface area contributed by atoms with Crippen molar-refractivity contribution in [1.29, 1.82) is 0 Å². The Morgan fingerprint density at radius 3 is 1.74 bits per heavy atom. The molecule has 1 heterocycles. The van der Waals surface area contributed by atoms with E-state index in [9.17, 15) is 14.4 Å². The number of halogens is 4. The zero-order valence-corrected chi connectivity index (χ0v) is 14.7. The second-order valence-electron chi connectivity index (χ2n) is 5.70. The van der Waals surface area contributed by atoms with Crippen LogP contribution in [0.1, 0.15) is 46.9 Å². The number of imide groups is 1. The van der Waals surface area contributed by atoms with Gasteiger partial charge < -0.3 is 4.84 Å². The van der Waals surface area contributed by atoms with Crippen LogP contribution in [0.4, 0.5) is 0 Å². The molecular formula is C14H9Cl4NO4. The molecule has 2 amide bonds. The molecule has 9 heteroatoms. The molecule has 2 aliphatic rings. The van der Waals surface area contributed by atoms with E-state index < -0.39 is 23.2 Å². The Bertz CT molecular complexity index is 726. The first kappa shape index (κ1) is 16.8. The lowest BCUT2D eigenvalue weighted by atomic mass is 9.71. The van der Waals surface area contributed by atoms with E-state index in [0.717, 1.165) is 6.42 Å². The SMILES string of the molecule is CC1(C(=O)ON2C(=O)c3c(Cl)c(Cl)c(Cl)c(Cl)c3C2=O)CCC1. The molecule has 0 aromatic heterocycles. The number of hydrogen-bond donors (Lipinski definition) is 0. The Labute approximate surface area is 151 Å². The first-order chi connectivity index (χ1) is 10.7. The average molecular weight is 397 g/mol. The fraction of sp³-hybridized carbons (Fsp3) is 0.357. The normalized spacial score (nSPS) is 18.7. The van der Waals surface area contributed by atoms with Crippen LogP contribution in [0.25, 0.3) is 0 Å². The van der Waals surface area contributed by atoms with E-state index in [-0.39, 0.29) is 31.2 Å². The van der Waals surface area contributed by atoms with Gasteiger partial charge in [-0.3, -0.25) is 9.59 Å². The maximum absolute atomic E-state index is 12.4. The van der Waals surface area contributed by atoms with Crippen molar-refractivity contribution in [2.45, 2.75) is 26.2 Å². The molecule has 0 atom stereocenters. The van der Waals surface area contributed by atoms with Crippen LogP contribution in [0, 0.1) is 5.41 Å². The Morgan fingerprint density at radius 2 is 1.39 bits per heavy atom. The minimum absolute atomic E-state index is 0.141. The number of carbonyl (C=O) groups excluding carboxylic acids is 3. The number of benzene rings is 1. The molecule has 0 N–H and O–H groups in total. The van der Waals surface area contributed by atoms with Crippen molar-refractivity contribution in [3.63, 3.8) is 0 Å². The van der Waals surface area contributed by atoms with E-state index in [1.165, 1.54) is 0 Å². The van der Waals surface area contributed by atoms with Crippen LogP contribution in [0.3, 0.4) is 0 Å². The predicted molar refractivity (Wildman–Crippen MR) is 85.0 cm³/mol. The highest BCUT2D eigenvalue weighted by molar-refractivity contribution is 6.55. The summed E-state index contributed by atoms with van der Waals surface area (Å²) in [6, 6.07) is 0. The van der Waals surface area contributed by atoms with Gasteiger partial charge in [0.25, 0.3) is 11.8 Å². The monoisotopic (exact) mass is 395 g/mol. The van der Waals surface area contributed by atoms with E-state index in [2.05, 4.69) is 0 Å². The van der Waals surface area contributed by atoms with E-state index in [1.807, 2.05) is 0 Å². The van der Waals surface area contributed by atoms with Crippen molar-refractivity contribution in [3.05, 3.63) is 31.2 Å². The Morgan fingerprint density at radius 1 is 0.957 bits per heavy atom. The van der Waals surface area contributed by atoms with Crippen molar-refractivity contribution < 1.29 is 19.2 Å². The van der Waals surface area contributed by atoms with E-state index in [0.29, 0.717) is 17.9 Å². The molecule has 0 unspecified atom stereocenters. The zero-order valence-electron chi connectivity index (χ0n) is 11.7. The van der Waals surface area contributed by atoms with Crippen LogP contribution < -0.4 is 0 Å². The second kappa shape index (κ2) is 5.52. The van der Waals surface area contributed by atoms with E-state index in [1.54, 1.807) is 6.92 Å². The molecule has 1 aliphatic heterocycles. The lowest BCUT2D eigenvalue weighted by molar-refractivity contribution is -0.185. The van der Waals surface area contributed by atoms with Gasteiger partial charge >= 0.3 is 5.97 Å². The summed E-state index contributed by atoms with van der Waals surface area (Å²) < 4.78 is 0. The fourth-order valence-corrected chi connectivity index (χ4v) is 3.53. The van der Waals surface area contributed by atoms with Gasteiger partial charge in [0.05, 0.1) is 36.6 Å². The first-order valence-corrected chi connectivity index (χ1v) is 8.17. The molecule has 1 aliphatic carbocycles. The summed E-state index contributed by atoms with van der Waals surface area (Å²) in [6.45, 7) is 1.71. The van der Waals surface area contributed by atoms with Gasteiger partial charge in [-0.1, -0.05) is 57.9 Å². The highest BCUT2D eigenvalue weighted by Crippen LogP contribution is 2.46. The van der Waals surface area contributed by atoms with Crippen LogP contribution in [0.15, 0.2) is 0 Å². The lowest BCUT2D eigenvalue weighted by Gasteiger charge is -2.35.